The lowest BCUT2D eigenvalue weighted by Crippen LogP contribution is -2.21. The van der Waals surface area contributed by atoms with Crippen molar-refractivity contribution in [1.29, 1.82) is 0 Å². The third-order valence-corrected chi connectivity index (χ3v) is 4.64. The molecule has 21 heavy (non-hydrogen) atoms. The minimum Gasteiger partial charge on any atom is -0.355 e. The average Bonchev–Trinajstić information content (AvgIpc) is 2.84. The van der Waals surface area contributed by atoms with E-state index >= 15 is 0 Å². The molecule has 2 heterocycles. The van der Waals surface area contributed by atoms with Crippen molar-refractivity contribution < 1.29 is 0 Å². The Hall–Kier alpha value is -0.910. The van der Waals surface area contributed by atoms with Crippen molar-refractivity contribution in [1.82, 2.24) is 10.3 Å². The van der Waals surface area contributed by atoms with Crippen LogP contribution in [-0.2, 0) is 13.1 Å². The summed E-state index contributed by atoms with van der Waals surface area (Å²) in [5.74, 6) is 1.68. The monoisotopic (exact) mass is 367 g/mol. The number of aromatic nitrogens is 1. The zero-order valence-corrected chi connectivity index (χ0v) is 15.2. The van der Waals surface area contributed by atoms with E-state index in [0.717, 1.165) is 31.1 Å². The summed E-state index contributed by atoms with van der Waals surface area (Å²) in [7, 11) is 2.08. The highest BCUT2D eigenvalue weighted by Gasteiger charge is 2.06. The van der Waals surface area contributed by atoms with Crippen LogP contribution in [0.15, 0.2) is 33.4 Å². The van der Waals surface area contributed by atoms with E-state index in [2.05, 4.69) is 76.7 Å². The first-order valence-corrected chi connectivity index (χ1v) is 8.82. The second-order valence-electron chi connectivity index (χ2n) is 5.63. The fourth-order valence-electron chi connectivity index (χ4n) is 2.05. The number of nitrogens with zero attached hydrogens (tertiary/aromatic N) is 2. The molecule has 0 aliphatic heterocycles. The molecule has 0 amide bonds. The highest BCUT2D eigenvalue weighted by atomic mass is 79.9. The lowest BCUT2D eigenvalue weighted by Gasteiger charge is -2.18. The van der Waals surface area contributed by atoms with Crippen LogP contribution < -0.4 is 10.2 Å². The van der Waals surface area contributed by atoms with Crippen LogP contribution in [0.4, 0.5) is 5.82 Å². The maximum absolute atomic E-state index is 4.73. The number of thiophene rings is 1. The van der Waals surface area contributed by atoms with Gasteiger partial charge in [0.05, 0.1) is 9.48 Å². The summed E-state index contributed by atoms with van der Waals surface area (Å²) in [5, 5.41) is 5.61. The van der Waals surface area contributed by atoms with Crippen LogP contribution in [0.5, 0.6) is 0 Å². The lowest BCUT2D eigenvalue weighted by molar-refractivity contribution is 0.548. The summed E-state index contributed by atoms with van der Waals surface area (Å²) in [5.41, 5.74) is 2.39. The summed E-state index contributed by atoms with van der Waals surface area (Å²) in [6.45, 7) is 7.14. The van der Waals surface area contributed by atoms with Gasteiger partial charge in [-0.15, -0.1) is 11.3 Å². The van der Waals surface area contributed by atoms with Crippen LogP contribution in [0.2, 0.25) is 0 Å². The molecule has 2 aromatic rings. The van der Waals surface area contributed by atoms with Crippen molar-refractivity contribution in [2.75, 3.05) is 18.5 Å². The molecular formula is C16H22BrN3S. The van der Waals surface area contributed by atoms with Crippen LogP contribution in [0.25, 0.3) is 0 Å². The summed E-state index contributed by atoms with van der Waals surface area (Å²) in [6.07, 6.45) is 0. The number of hydrogen-bond acceptors (Lipinski definition) is 4. The van der Waals surface area contributed by atoms with Gasteiger partial charge in [-0.2, -0.15) is 0 Å². The molecule has 2 aromatic heterocycles. The Bertz CT molecular complexity index is 568. The van der Waals surface area contributed by atoms with E-state index in [9.17, 15) is 0 Å². The van der Waals surface area contributed by atoms with E-state index < -0.39 is 0 Å². The van der Waals surface area contributed by atoms with Crippen LogP contribution in [0, 0.1) is 5.92 Å². The summed E-state index contributed by atoms with van der Waals surface area (Å²) >= 11 is 5.22. The maximum Gasteiger partial charge on any atom is 0.128 e. The van der Waals surface area contributed by atoms with Gasteiger partial charge in [-0.1, -0.05) is 19.9 Å². The fourth-order valence-corrected chi connectivity index (χ4v) is 3.25. The molecule has 0 aromatic carbocycles. The van der Waals surface area contributed by atoms with Gasteiger partial charge >= 0.3 is 0 Å². The fraction of sp³-hybridized carbons (Fsp3) is 0.438. The van der Waals surface area contributed by atoms with E-state index in [4.69, 9.17) is 4.98 Å². The molecule has 0 bridgehead atoms. The Morgan fingerprint density at radius 3 is 2.86 bits per heavy atom. The zero-order valence-electron chi connectivity index (χ0n) is 12.8. The molecule has 2 rings (SSSR count). The Kier molecular flexibility index (Phi) is 6.21. The molecule has 0 radical (unpaired) electrons. The third kappa shape index (κ3) is 5.41. The molecule has 0 unspecified atom stereocenters. The van der Waals surface area contributed by atoms with Crippen molar-refractivity contribution in [3.63, 3.8) is 0 Å². The number of rotatable bonds is 7. The van der Waals surface area contributed by atoms with Crippen molar-refractivity contribution in [3.8, 4) is 0 Å². The van der Waals surface area contributed by atoms with Gasteiger partial charge in [0.15, 0.2) is 0 Å². The molecule has 0 atom stereocenters. The SMILES string of the molecule is CC(C)CNCc1cccc(N(C)Cc2csc(Br)c2)n1. The average molecular weight is 368 g/mol. The summed E-state index contributed by atoms with van der Waals surface area (Å²) < 4.78 is 1.17. The van der Waals surface area contributed by atoms with Gasteiger partial charge in [0.2, 0.25) is 0 Å². The third-order valence-electron chi connectivity index (χ3n) is 3.08. The first kappa shape index (κ1) is 16.5. The van der Waals surface area contributed by atoms with Gasteiger partial charge in [-0.25, -0.2) is 4.98 Å². The highest BCUT2D eigenvalue weighted by Crippen LogP contribution is 2.22. The summed E-state index contributed by atoms with van der Waals surface area (Å²) in [6, 6.07) is 8.38. The number of nitrogens with one attached hydrogen (secondary N) is 1. The molecule has 0 fully saturated rings. The Morgan fingerprint density at radius 1 is 1.38 bits per heavy atom. The van der Waals surface area contributed by atoms with E-state index in [1.54, 1.807) is 11.3 Å². The molecule has 0 aliphatic carbocycles. The Balaban J connectivity index is 1.95. The Morgan fingerprint density at radius 2 is 2.19 bits per heavy atom. The molecular weight excluding hydrogens is 346 g/mol. The van der Waals surface area contributed by atoms with Crippen molar-refractivity contribution in [2.45, 2.75) is 26.9 Å². The normalized spacial score (nSPS) is 11.1. The Labute approximate surface area is 139 Å². The minimum absolute atomic E-state index is 0.660. The van der Waals surface area contributed by atoms with Crippen LogP contribution in [-0.4, -0.2) is 18.6 Å². The van der Waals surface area contributed by atoms with Gasteiger partial charge in [0.1, 0.15) is 5.82 Å². The van der Waals surface area contributed by atoms with Crippen LogP contribution in [0.1, 0.15) is 25.1 Å². The number of anilines is 1. The van der Waals surface area contributed by atoms with Crippen molar-refractivity contribution >= 4 is 33.1 Å². The lowest BCUT2D eigenvalue weighted by atomic mass is 10.2. The first-order chi connectivity index (χ1) is 10.0. The van der Waals surface area contributed by atoms with E-state index in [0.29, 0.717) is 5.92 Å². The molecule has 3 nitrogen and oxygen atoms in total. The highest BCUT2D eigenvalue weighted by molar-refractivity contribution is 9.11. The van der Waals surface area contributed by atoms with Gasteiger partial charge < -0.3 is 10.2 Å². The number of pyridine rings is 1. The predicted molar refractivity (Wildman–Crippen MR) is 94.9 cm³/mol. The van der Waals surface area contributed by atoms with Gasteiger partial charge in [0, 0.05) is 20.1 Å². The second-order valence-corrected chi connectivity index (χ2v) is 7.92. The summed E-state index contributed by atoms with van der Waals surface area (Å²) in [4.78, 5) is 6.91. The molecule has 0 saturated heterocycles. The maximum atomic E-state index is 4.73. The minimum atomic E-state index is 0.660. The quantitative estimate of drug-likeness (QED) is 0.790. The van der Waals surface area contributed by atoms with E-state index in [1.165, 1.54) is 9.35 Å². The van der Waals surface area contributed by atoms with Crippen LogP contribution in [0.3, 0.4) is 0 Å². The van der Waals surface area contributed by atoms with Gasteiger partial charge in [0.25, 0.3) is 0 Å². The molecule has 0 spiro atoms. The van der Waals surface area contributed by atoms with Gasteiger partial charge in [-0.05, 0) is 57.5 Å². The first-order valence-electron chi connectivity index (χ1n) is 7.15. The standard InChI is InChI=1S/C16H22BrN3S/c1-12(2)8-18-9-14-5-4-6-16(19-14)20(3)10-13-7-15(17)21-11-13/h4-7,11-12,18H,8-10H2,1-3H3. The predicted octanol–water partition coefficient (Wildman–Crippen LogP) is 4.29. The smallest absolute Gasteiger partial charge is 0.128 e. The van der Waals surface area contributed by atoms with Crippen LogP contribution >= 0.6 is 27.3 Å². The molecule has 114 valence electrons. The largest absolute Gasteiger partial charge is 0.355 e. The van der Waals surface area contributed by atoms with Crippen molar-refractivity contribution in [3.05, 3.63) is 44.7 Å². The van der Waals surface area contributed by atoms with Gasteiger partial charge in [-0.3, -0.25) is 0 Å². The molecule has 0 saturated carbocycles. The molecule has 5 heteroatoms. The topological polar surface area (TPSA) is 28.2 Å². The number of halogens is 1. The van der Waals surface area contributed by atoms with E-state index in [-0.39, 0.29) is 0 Å². The number of hydrogen-bond donors (Lipinski definition) is 1. The zero-order chi connectivity index (χ0) is 15.2. The second kappa shape index (κ2) is 7.92. The van der Waals surface area contributed by atoms with E-state index in [1.807, 2.05) is 0 Å². The molecule has 0 aliphatic rings. The van der Waals surface area contributed by atoms with Crippen molar-refractivity contribution in [2.24, 2.45) is 5.92 Å². The molecule has 1 N–H and O–H groups in total.